The molecule has 2 aromatic rings. The summed E-state index contributed by atoms with van der Waals surface area (Å²) in [5, 5.41) is 0. The lowest BCUT2D eigenvalue weighted by Gasteiger charge is -2.38. The number of nitrogens with one attached hydrogen (secondary N) is 1. The molecule has 2 aromatic carbocycles. The predicted octanol–water partition coefficient (Wildman–Crippen LogP) is 3.36. The fraction of sp³-hybridized carbons (Fsp3) is 0.350. The molecule has 1 N–H and O–H groups in total. The second kappa shape index (κ2) is 6.98. The second-order valence-electron chi connectivity index (χ2n) is 7.30. The van der Waals surface area contributed by atoms with E-state index in [4.69, 9.17) is 4.74 Å². The van der Waals surface area contributed by atoms with E-state index in [0.717, 1.165) is 11.1 Å². The molecule has 7 heteroatoms. The lowest BCUT2D eigenvalue weighted by Crippen LogP contribution is -2.41. The highest BCUT2D eigenvalue weighted by atomic mass is 32.2. The molecule has 0 fully saturated rings. The molecule has 3 rings (SSSR count). The number of esters is 1. The van der Waals surface area contributed by atoms with E-state index in [9.17, 15) is 13.2 Å². The Morgan fingerprint density at radius 3 is 2.67 bits per heavy atom. The minimum absolute atomic E-state index is 0.0175. The summed E-state index contributed by atoms with van der Waals surface area (Å²) in [4.78, 5) is 11.7. The number of methoxy groups -OCH3 is 1. The molecular weight excluding hydrogens is 366 g/mol. The average molecular weight is 389 g/mol. The van der Waals surface area contributed by atoms with Crippen LogP contribution >= 0.6 is 0 Å². The molecule has 0 aromatic heterocycles. The predicted molar refractivity (Wildman–Crippen MR) is 101 cm³/mol. The number of carbonyl (C=O) groups is 1. The summed E-state index contributed by atoms with van der Waals surface area (Å²) in [6, 6.07) is 11.1. The number of ether oxygens (including phenoxy) is 2. The van der Waals surface area contributed by atoms with Crippen molar-refractivity contribution in [3.8, 4) is 5.75 Å². The zero-order valence-electron chi connectivity index (χ0n) is 15.8. The van der Waals surface area contributed by atoms with Crippen LogP contribution in [0, 0.1) is 6.92 Å². The van der Waals surface area contributed by atoms with Crippen molar-refractivity contribution in [1.82, 2.24) is 4.72 Å². The van der Waals surface area contributed by atoms with Crippen molar-refractivity contribution in [2.24, 2.45) is 0 Å². The van der Waals surface area contributed by atoms with Gasteiger partial charge in [0, 0.05) is 12.0 Å². The SMILES string of the molecule is COC(=O)c1cccc(S(=O)(=O)N[C@@H]2CC(C)(C)Oc3ccc(C)cc32)c1. The largest absolute Gasteiger partial charge is 0.487 e. The van der Waals surface area contributed by atoms with E-state index in [1.54, 1.807) is 0 Å². The number of aryl methyl sites for hydroxylation is 1. The van der Waals surface area contributed by atoms with E-state index in [1.165, 1.54) is 31.4 Å². The molecule has 0 bridgehead atoms. The van der Waals surface area contributed by atoms with Crippen LogP contribution < -0.4 is 9.46 Å². The quantitative estimate of drug-likeness (QED) is 0.811. The molecule has 144 valence electrons. The first-order valence-electron chi connectivity index (χ1n) is 8.61. The van der Waals surface area contributed by atoms with Gasteiger partial charge in [-0.1, -0.05) is 23.8 Å². The van der Waals surface area contributed by atoms with E-state index >= 15 is 0 Å². The van der Waals surface area contributed by atoms with Crippen molar-refractivity contribution >= 4 is 16.0 Å². The highest BCUT2D eigenvalue weighted by molar-refractivity contribution is 7.89. The normalized spacial score (nSPS) is 18.3. The second-order valence-corrected chi connectivity index (χ2v) is 9.01. The third kappa shape index (κ3) is 4.14. The highest BCUT2D eigenvalue weighted by Gasteiger charge is 2.36. The summed E-state index contributed by atoms with van der Waals surface area (Å²) in [6.07, 6.45) is 0.485. The minimum Gasteiger partial charge on any atom is -0.487 e. The summed E-state index contributed by atoms with van der Waals surface area (Å²) in [6.45, 7) is 5.80. The maximum Gasteiger partial charge on any atom is 0.337 e. The van der Waals surface area contributed by atoms with Crippen LogP contribution in [0.3, 0.4) is 0 Å². The van der Waals surface area contributed by atoms with Crippen LogP contribution in [0.15, 0.2) is 47.4 Å². The Kier molecular flexibility index (Phi) is 5.01. The van der Waals surface area contributed by atoms with Gasteiger partial charge in [0.25, 0.3) is 0 Å². The molecule has 6 nitrogen and oxygen atoms in total. The Morgan fingerprint density at radius 1 is 1.22 bits per heavy atom. The van der Waals surface area contributed by atoms with E-state index in [1.807, 2.05) is 39.0 Å². The van der Waals surface area contributed by atoms with Crippen LogP contribution in [0.4, 0.5) is 0 Å². The number of carbonyl (C=O) groups excluding carboxylic acids is 1. The zero-order valence-corrected chi connectivity index (χ0v) is 16.6. The summed E-state index contributed by atoms with van der Waals surface area (Å²) in [7, 11) is -2.59. The summed E-state index contributed by atoms with van der Waals surface area (Å²) >= 11 is 0. The van der Waals surface area contributed by atoms with E-state index in [2.05, 4.69) is 9.46 Å². The van der Waals surface area contributed by atoms with Crippen LogP contribution in [-0.4, -0.2) is 27.1 Å². The van der Waals surface area contributed by atoms with Crippen molar-refractivity contribution in [2.45, 2.75) is 43.7 Å². The number of rotatable bonds is 4. The summed E-state index contributed by atoms with van der Waals surface area (Å²) < 4.78 is 39.4. The molecule has 0 saturated heterocycles. The van der Waals surface area contributed by atoms with Gasteiger partial charge in [-0.05, 0) is 45.0 Å². The molecule has 0 spiro atoms. The highest BCUT2D eigenvalue weighted by Crippen LogP contribution is 2.40. The Morgan fingerprint density at radius 2 is 1.96 bits per heavy atom. The number of benzene rings is 2. The summed E-state index contributed by atoms with van der Waals surface area (Å²) in [5.74, 6) is 0.0908. The van der Waals surface area contributed by atoms with E-state index in [-0.39, 0.29) is 10.5 Å². The van der Waals surface area contributed by atoms with Gasteiger partial charge in [0.1, 0.15) is 11.4 Å². The van der Waals surface area contributed by atoms with Gasteiger partial charge >= 0.3 is 5.97 Å². The topological polar surface area (TPSA) is 81.7 Å². The number of hydrogen-bond donors (Lipinski definition) is 1. The molecule has 0 aliphatic carbocycles. The fourth-order valence-corrected chi connectivity index (χ4v) is 4.50. The lowest BCUT2D eigenvalue weighted by atomic mass is 9.89. The first-order chi connectivity index (χ1) is 12.6. The molecule has 0 saturated carbocycles. The van der Waals surface area contributed by atoms with Gasteiger partial charge in [-0.25, -0.2) is 17.9 Å². The molecule has 1 heterocycles. The first-order valence-corrected chi connectivity index (χ1v) is 10.1. The van der Waals surface area contributed by atoms with Crippen molar-refractivity contribution in [1.29, 1.82) is 0 Å². The molecule has 0 radical (unpaired) electrons. The van der Waals surface area contributed by atoms with Gasteiger partial charge < -0.3 is 9.47 Å². The Labute approximate surface area is 159 Å². The van der Waals surface area contributed by atoms with Gasteiger partial charge in [-0.2, -0.15) is 0 Å². The first kappa shape index (κ1) is 19.4. The van der Waals surface area contributed by atoms with Crippen LogP contribution in [0.5, 0.6) is 5.75 Å². The van der Waals surface area contributed by atoms with Crippen molar-refractivity contribution in [3.63, 3.8) is 0 Å². The van der Waals surface area contributed by atoms with Crippen LogP contribution in [0.1, 0.15) is 47.8 Å². The Hall–Kier alpha value is -2.38. The van der Waals surface area contributed by atoms with Gasteiger partial charge in [0.2, 0.25) is 10.0 Å². The Balaban J connectivity index is 1.97. The third-order valence-corrected chi connectivity index (χ3v) is 5.95. The minimum atomic E-state index is -3.84. The van der Waals surface area contributed by atoms with Crippen molar-refractivity contribution < 1.29 is 22.7 Å². The van der Waals surface area contributed by atoms with Gasteiger partial charge in [0.15, 0.2) is 0 Å². The number of fused-ring (bicyclic) bond motifs is 1. The van der Waals surface area contributed by atoms with Crippen LogP contribution in [0.2, 0.25) is 0 Å². The number of sulfonamides is 1. The molecular formula is C20H23NO5S. The molecule has 1 atom stereocenters. The van der Waals surface area contributed by atoms with Gasteiger partial charge in [0.05, 0.1) is 23.6 Å². The van der Waals surface area contributed by atoms with E-state index in [0.29, 0.717) is 12.2 Å². The molecule has 27 heavy (non-hydrogen) atoms. The van der Waals surface area contributed by atoms with Gasteiger partial charge in [-0.15, -0.1) is 0 Å². The van der Waals surface area contributed by atoms with E-state index < -0.39 is 27.6 Å². The summed E-state index contributed by atoms with van der Waals surface area (Å²) in [5.41, 5.74) is 1.50. The fourth-order valence-electron chi connectivity index (χ4n) is 3.24. The Bertz CT molecular complexity index is 982. The lowest BCUT2D eigenvalue weighted by molar-refractivity contribution is 0.0600. The van der Waals surface area contributed by atoms with Crippen molar-refractivity contribution in [2.75, 3.05) is 7.11 Å². The molecule has 1 aliphatic heterocycles. The maximum atomic E-state index is 13.0. The third-order valence-electron chi connectivity index (χ3n) is 4.49. The molecule has 1 aliphatic rings. The zero-order chi connectivity index (χ0) is 19.8. The van der Waals surface area contributed by atoms with Crippen molar-refractivity contribution in [3.05, 3.63) is 59.2 Å². The van der Waals surface area contributed by atoms with Gasteiger partial charge in [-0.3, -0.25) is 0 Å². The van der Waals surface area contributed by atoms with Crippen LogP contribution in [-0.2, 0) is 14.8 Å². The van der Waals surface area contributed by atoms with Crippen LogP contribution in [0.25, 0.3) is 0 Å². The average Bonchev–Trinajstić information content (AvgIpc) is 2.61. The smallest absolute Gasteiger partial charge is 0.337 e. The molecule has 0 amide bonds. The standard InChI is InChI=1S/C20H23NO5S/c1-13-8-9-18-16(10-13)17(12-20(2,3)26-18)21-27(23,24)15-7-5-6-14(11-15)19(22)25-4/h5-11,17,21H,12H2,1-4H3/t17-/m1/s1. The number of hydrogen-bond acceptors (Lipinski definition) is 5. The monoisotopic (exact) mass is 389 g/mol. The molecule has 0 unspecified atom stereocenters. The maximum absolute atomic E-state index is 13.0.